The minimum Gasteiger partial charge on any atom is -0.395 e. The van der Waals surface area contributed by atoms with Crippen molar-refractivity contribution in [2.45, 2.75) is 25.7 Å². The first-order chi connectivity index (χ1) is 14.4. The number of thiazole rings is 1. The molecule has 30 heavy (non-hydrogen) atoms. The molecule has 0 unspecified atom stereocenters. The van der Waals surface area contributed by atoms with Gasteiger partial charge >= 0.3 is 0 Å². The van der Waals surface area contributed by atoms with Gasteiger partial charge in [-0.1, -0.05) is 24.9 Å². The first-order valence-corrected chi connectivity index (χ1v) is 11.2. The second-order valence-corrected chi connectivity index (χ2v) is 8.89. The highest BCUT2D eigenvalue weighted by Gasteiger charge is 2.32. The molecular weight excluding hydrogens is 425 g/mol. The van der Waals surface area contributed by atoms with E-state index in [0.717, 1.165) is 12.2 Å². The van der Waals surface area contributed by atoms with Crippen LogP contribution >= 0.6 is 23.3 Å². The van der Waals surface area contributed by atoms with Gasteiger partial charge in [-0.15, -0.1) is 11.3 Å². The molecule has 0 spiro atoms. The summed E-state index contributed by atoms with van der Waals surface area (Å²) in [6, 6.07) is 6.74. The van der Waals surface area contributed by atoms with Gasteiger partial charge in [0.15, 0.2) is 5.82 Å². The minimum atomic E-state index is -0.973. The summed E-state index contributed by atoms with van der Waals surface area (Å²) in [6.07, 6.45) is 2.49. The summed E-state index contributed by atoms with van der Waals surface area (Å²) >= 11 is 2.67. The smallest absolute Gasteiger partial charge is 0.220 e. The molecule has 0 amide bonds. The Morgan fingerprint density at radius 2 is 2.00 bits per heavy atom. The average molecular weight is 450 g/mol. The van der Waals surface area contributed by atoms with Crippen molar-refractivity contribution in [3.63, 3.8) is 0 Å². The Morgan fingerprint density at radius 3 is 2.67 bits per heavy atom. The summed E-state index contributed by atoms with van der Waals surface area (Å²) < 4.78 is 18.4. The number of anilines is 2. The topological polar surface area (TPSA) is 117 Å². The molecule has 0 aliphatic carbocycles. The van der Waals surface area contributed by atoms with Crippen molar-refractivity contribution in [1.29, 1.82) is 0 Å². The summed E-state index contributed by atoms with van der Waals surface area (Å²) in [7, 11) is 0. The average Bonchev–Trinajstić information content (AvgIpc) is 3.20. The van der Waals surface area contributed by atoms with Crippen LogP contribution in [0.5, 0.6) is 0 Å². The predicted molar refractivity (Wildman–Crippen MR) is 121 cm³/mol. The van der Waals surface area contributed by atoms with Gasteiger partial charge in [-0.25, -0.2) is 19.3 Å². The highest BCUT2D eigenvalue weighted by Crippen LogP contribution is 2.42. The molecule has 3 aromatic rings. The number of aliphatic hydroxyl groups excluding tert-OH is 2. The van der Waals surface area contributed by atoms with E-state index in [4.69, 9.17) is 5.73 Å². The Hall–Kier alpha value is -2.27. The van der Waals surface area contributed by atoms with E-state index in [-0.39, 0.29) is 19.2 Å². The summed E-state index contributed by atoms with van der Waals surface area (Å²) in [5.41, 5.74) is 6.31. The van der Waals surface area contributed by atoms with Crippen molar-refractivity contribution in [3.8, 4) is 21.8 Å². The molecule has 0 saturated carbocycles. The van der Waals surface area contributed by atoms with E-state index in [1.165, 1.54) is 29.5 Å². The van der Waals surface area contributed by atoms with Crippen LogP contribution in [0, 0.1) is 5.82 Å². The fourth-order valence-electron chi connectivity index (χ4n) is 2.64. The number of benzene rings is 1. The Kier molecular flexibility index (Phi) is 7.24. The van der Waals surface area contributed by atoms with Crippen molar-refractivity contribution >= 4 is 34.9 Å². The fraction of sp³-hybridized carbons (Fsp3) is 0.350. The number of rotatable bonds is 9. The molecule has 1 aromatic carbocycles. The SMILES string of the molecule is CCCSNc1cccc(-c2nc(C(C)(CO)CO)sc2-c2ccnc(N)n2)c1F. The zero-order valence-corrected chi connectivity index (χ0v) is 18.4. The van der Waals surface area contributed by atoms with E-state index in [1.807, 2.05) is 0 Å². The highest BCUT2D eigenvalue weighted by atomic mass is 32.2. The molecular formula is C20H24FN5O2S2. The molecule has 5 N–H and O–H groups in total. The van der Waals surface area contributed by atoms with E-state index in [1.54, 1.807) is 31.2 Å². The monoisotopic (exact) mass is 449 g/mol. The summed E-state index contributed by atoms with van der Waals surface area (Å²) in [4.78, 5) is 13.4. The lowest BCUT2D eigenvalue weighted by molar-refractivity contribution is 0.129. The van der Waals surface area contributed by atoms with Gasteiger partial charge in [0.2, 0.25) is 5.95 Å². The van der Waals surface area contributed by atoms with Crippen LogP contribution in [-0.2, 0) is 5.41 Å². The molecule has 0 bridgehead atoms. The van der Waals surface area contributed by atoms with Gasteiger partial charge in [0.25, 0.3) is 0 Å². The second-order valence-electron chi connectivity index (χ2n) is 6.99. The second kappa shape index (κ2) is 9.69. The largest absolute Gasteiger partial charge is 0.395 e. The van der Waals surface area contributed by atoms with Gasteiger partial charge in [-0.3, -0.25) is 0 Å². The first-order valence-electron chi connectivity index (χ1n) is 9.42. The molecule has 0 aliphatic rings. The molecule has 10 heteroatoms. The maximum atomic E-state index is 15.4. The molecule has 0 atom stereocenters. The lowest BCUT2D eigenvalue weighted by atomic mass is 9.94. The molecule has 2 heterocycles. The number of hydrogen-bond acceptors (Lipinski definition) is 9. The van der Waals surface area contributed by atoms with Crippen molar-refractivity contribution in [1.82, 2.24) is 15.0 Å². The molecule has 0 saturated heterocycles. The van der Waals surface area contributed by atoms with Crippen LogP contribution in [0.2, 0.25) is 0 Å². The van der Waals surface area contributed by atoms with Crippen LogP contribution in [0.1, 0.15) is 25.3 Å². The number of aliphatic hydroxyl groups is 2. The van der Waals surface area contributed by atoms with Gasteiger partial charge in [0, 0.05) is 17.5 Å². The fourth-order valence-corrected chi connectivity index (χ4v) is 4.44. The van der Waals surface area contributed by atoms with Gasteiger partial charge < -0.3 is 20.7 Å². The van der Waals surface area contributed by atoms with Crippen LogP contribution in [0.4, 0.5) is 16.0 Å². The highest BCUT2D eigenvalue weighted by molar-refractivity contribution is 8.00. The standard InChI is InChI=1S/C20H24FN5O2S2/c1-3-9-29-26-13-6-4-5-12(15(13)21)16-17(14-7-8-23-19(22)24-14)30-18(25-16)20(2,10-27)11-28/h4-8,26-28H,3,9-11H2,1-2H3,(H2,22,23,24). The third kappa shape index (κ3) is 4.56. The van der Waals surface area contributed by atoms with Crippen molar-refractivity contribution < 1.29 is 14.6 Å². The molecule has 2 aromatic heterocycles. The van der Waals surface area contributed by atoms with Crippen LogP contribution in [0.15, 0.2) is 30.5 Å². The summed E-state index contributed by atoms with van der Waals surface area (Å²) in [5.74, 6) is 0.504. The van der Waals surface area contributed by atoms with E-state index >= 15 is 4.39 Å². The van der Waals surface area contributed by atoms with Crippen molar-refractivity contribution in [2.24, 2.45) is 0 Å². The lowest BCUT2D eigenvalue weighted by Gasteiger charge is -2.21. The summed E-state index contributed by atoms with van der Waals surface area (Å²) in [6.45, 7) is 3.14. The predicted octanol–water partition coefficient (Wildman–Crippen LogP) is 3.70. The number of nitrogen functional groups attached to an aromatic ring is 1. The van der Waals surface area contributed by atoms with Gasteiger partial charge in [-0.2, -0.15) is 0 Å². The number of nitrogens with one attached hydrogen (secondary N) is 1. The van der Waals surface area contributed by atoms with Gasteiger partial charge in [-0.05, 0) is 31.5 Å². The molecule has 3 rings (SSSR count). The zero-order chi connectivity index (χ0) is 21.7. The number of hydrogen-bond donors (Lipinski definition) is 4. The minimum absolute atomic E-state index is 0.0901. The molecule has 0 aliphatic heterocycles. The van der Waals surface area contributed by atoms with E-state index in [9.17, 15) is 10.2 Å². The van der Waals surface area contributed by atoms with Gasteiger partial charge in [0.05, 0.1) is 40.6 Å². The van der Waals surface area contributed by atoms with Crippen LogP contribution in [0.3, 0.4) is 0 Å². The Balaban J connectivity index is 2.16. The van der Waals surface area contributed by atoms with Crippen LogP contribution in [-0.4, -0.2) is 44.1 Å². The van der Waals surface area contributed by atoms with E-state index in [2.05, 4.69) is 26.6 Å². The van der Waals surface area contributed by atoms with Crippen LogP contribution < -0.4 is 10.5 Å². The van der Waals surface area contributed by atoms with E-state index < -0.39 is 11.2 Å². The molecule has 160 valence electrons. The van der Waals surface area contributed by atoms with E-state index in [0.29, 0.717) is 32.5 Å². The number of aromatic nitrogens is 3. The number of halogens is 1. The summed E-state index contributed by atoms with van der Waals surface area (Å²) in [5, 5.41) is 20.1. The zero-order valence-electron chi connectivity index (χ0n) is 16.7. The molecule has 7 nitrogen and oxygen atoms in total. The molecule has 0 radical (unpaired) electrons. The van der Waals surface area contributed by atoms with Crippen molar-refractivity contribution in [2.75, 3.05) is 29.4 Å². The maximum absolute atomic E-state index is 15.4. The number of nitrogens with zero attached hydrogens (tertiary/aromatic N) is 3. The first kappa shape index (κ1) is 22.4. The van der Waals surface area contributed by atoms with Crippen LogP contribution in [0.25, 0.3) is 21.8 Å². The number of nitrogens with two attached hydrogens (primary N) is 1. The normalized spacial score (nSPS) is 11.6. The lowest BCUT2D eigenvalue weighted by Crippen LogP contribution is -2.30. The Morgan fingerprint density at radius 1 is 1.23 bits per heavy atom. The van der Waals surface area contributed by atoms with Crippen molar-refractivity contribution in [3.05, 3.63) is 41.3 Å². The third-order valence-electron chi connectivity index (χ3n) is 4.49. The third-order valence-corrected chi connectivity index (χ3v) is 6.85. The molecule has 0 fully saturated rings. The Bertz CT molecular complexity index is 1010. The maximum Gasteiger partial charge on any atom is 0.220 e. The quantitative estimate of drug-likeness (QED) is 0.289. The Labute approximate surface area is 182 Å². The van der Waals surface area contributed by atoms with Gasteiger partial charge in [0.1, 0.15) is 5.01 Å².